The normalized spacial score (nSPS) is 10.5. The van der Waals surface area contributed by atoms with Gasteiger partial charge in [-0.1, -0.05) is 0 Å². The second-order valence-corrected chi connectivity index (χ2v) is 4.23. The van der Waals surface area contributed by atoms with E-state index in [-0.39, 0.29) is 19.0 Å². The number of esters is 1. The summed E-state index contributed by atoms with van der Waals surface area (Å²) in [6, 6.07) is 0. The predicted octanol–water partition coefficient (Wildman–Crippen LogP) is 1.68. The Morgan fingerprint density at radius 3 is 3.11 bits per heavy atom. The van der Waals surface area contributed by atoms with Crippen LogP contribution in [0.15, 0.2) is 15.3 Å². The number of carbonyl (C=O) groups excluding carboxylic acids is 1. The van der Waals surface area contributed by atoms with Crippen LogP contribution in [0.1, 0.15) is 23.1 Å². The van der Waals surface area contributed by atoms with E-state index in [4.69, 9.17) is 10.3 Å². The Hall–Kier alpha value is -2.09. The molecule has 0 atom stereocenters. The molecule has 0 saturated carbocycles. The number of nitrogens with one attached hydrogen (secondary N) is 1. The second kappa shape index (κ2) is 5.05. The second-order valence-electron chi connectivity index (χ2n) is 3.38. The minimum absolute atomic E-state index is 0.0174. The van der Waals surface area contributed by atoms with Crippen LogP contribution in [0.2, 0.25) is 0 Å². The van der Waals surface area contributed by atoms with Gasteiger partial charge < -0.3 is 20.4 Å². The van der Waals surface area contributed by atoms with Gasteiger partial charge in [0.15, 0.2) is 0 Å². The third kappa shape index (κ3) is 2.14. The summed E-state index contributed by atoms with van der Waals surface area (Å²) in [5, 5.41) is 5.00. The van der Waals surface area contributed by atoms with Crippen molar-refractivity contribution < 1.29 is 9.53 Å². The van der Waals surface area contributed by atoms with E-state index >= 15 is 0 Å². The number of ether oxygens (including phenoxy) is 1. The van der Waals surface area contributed by atoms with Gasteiger partial charge in [0.25, 0.3) is 5.56 Å². The highest BCUT2D eigenvalue weighted by Crippen LogP contribution is 2.21. The fourth-order valence-corrected chi connectivity index (χ4v) is 2.43. The zero-order valence-corrected chi connectivity index (χ0v) is 10.3. The molecule has 2 heterocycles. The number of hydrogen-bond acceptors (Lipinski definition) is 6. The van der Waals surface area contributed by atoms with Gasteiger partial charge in [-0.05, 0) is 17.9 Å². The van der Waals surface area contributed by atoms with E-state index in [1.54, 1.807) is 12.3 Å². The van der Waals surface area contributed by atoms with Gasteiger partial charge in [0.2, 0.25) is 5.82 Å². The maximum atomic E-state index is 11.8. The molecule has 2 aromatic heterocycles. The standard InChI is InChI=1S/C10H9N4O3S/c1-2-17-10(16)7-13-8(15)6-5(3-12-11)4-18-9(6)14-7/h4H,2-3H2,1H3,(H,13,14,15)/q-1. The first-order chi connectivity index (χ1) is 8.67. The Balaban J connectivity index is 2.54. The lowest BCUT2D eigenvalue weighted by Crippen LogP contribution is -2.17. The van der Waals surface area contributed by atoms with Gasteiger partial charge in [0.05, 0.1) is 12.0 Å². The minimum Gasteiger partial charge on any atom is -0.712 e. The average Bonchev–Trinajstić information content (AvgIpc) is 2.74. The Morgan fingerprint density at radius 1 is 1.67 bits per heavy atom. The molecule has 0 unspecified atom stereocenters. The number of thiophene rings is 1. The summed E-state index contributed by atoms with van der Waals surface area (Å²) in [4.78, 5) is 30.1. The molecular weight excluding hydrogens is 256 g/mol. The van der Waals surface area contributed by atoms with Crippen LogP contribution in [0.25, 0.3) is 15.7 Å². The van der Waals surface area contributed by atoms with Crippen LogP contribution in [0.5, 0.6) is 0 Å². The van der Waals surface area contributed by atoms with E-state index in [1.807, 2.05) is 0 Å². The van der Waals surface area contributed by atoms with Gasteiger partial charge in [-0.2, -0.15) is 0 Å². The number of H-pyrrole nitrogens is 1. The maximum Gasteiger partial charge on any atom is 0.374 e. The summed E-state index contributed by atoms with van der Waals surface area (Å²) < 4.78 is 4.76. The Kier molecular flexibility index (Phi) is 3.47. The summed E-state index contributed by atoms with van der Waals surface area (Å²) in [6.07, 6.45) is 0. The largest absolute Gasteiger partial charge is 0.712 e. The molecule has 0 spiro atoms. The lowest BCUT2D eigenvalue weighted by molar-refractivity contribution is 0.0512. The van der Waals surface area contributed by atoms with Crippen molar-refractivity contribution in [3.8, 4) is 0 Å². The third-order valence-electron chi connectivity index (χ3n) is 2.23. The van der Waals surface area contributed by atoms with Gasteiger partial charge in [0.1, 0.15) is 4.83 Å². The van der Waals surface area contributed by atoms with Crippen LogP contribution >= 0.6 is 11.3 Å². The van der Waals surface area contributed by atoms with Crippen LogP contribution in [0.3, 0.4) is 0 Å². The highest BCUT2D eigenvalue weighted by molar-refractivity contribution is 7.16. The zero-order chi connectivity index (χ0) is 13.1. The fraction of sp³-hybridized carbons (Fsp3) is 0.300. The first-order valence-electron chi connectivity index (χ1n) is 5.15. The maximum absolute atomic E-state index is 11.8. The molecule has 0 aromatic carbocycles. The Morgan fingerprint density at radius 2 is 2.44 bits per heavy atom. The molecule has 2 aromatic rings. The van der Waals surface area contributed by atoms with E-state index in [1.165, 1.54) is 11.3 Å². The molecule has 2 rings (SSSR count). The molecule has 94 valence electrons. The van der Waals surface area contributed by atoms with Crippen molar-refractivity contribution in [2.75, 3.05) is 6.61 Å². The molecule has 18 heavy (non-hydrogen) atoms. The number of aromatic nitrogens is 2. The van der Waals surface area contributed by atoms with Crippen molar-refractivity contribution >= 4 is 27.5 Å². The van der Waals surface area contributed by atoms with Crippen molar-refractivity contribution in [2.24, 2.45) is 5.11 Å². The first kappa shape index (κ1) is 12.4. The van der Waals surface area contributed by atoms with Gasteiger partial charge >= 0.3 is 5.97 Å². The topological polar surface area (TPSA) is 107 Å². The van der Waals surface area contributed by atoms with Crippen molar-refractivity contribution in [3.63, 3.8) is 0 Å². The van der Waals surface area contributed by atoms with Gasteiger partial charge in [-0.25, -0.2) is 9.78 Å². The average molecular weight is 265 g/mol. The SMILES string of the molecule is CCOC(=O)c1nc2scc(CN=[N-])c2c(=O)[nH]1. The van der Waals surface area contributed by atoms with E-state index in [2.05, 4.69) is 15.1 Å². The van der Waals surface area contributed by atoms with E-state index in [0.717, 1.165) is 0 Å². The summed E-state index contributed by atoms with van der Waals surface area (Å²) in [6.45, 7) is 1.89. The van der Waals surface area contributed by atoms with Gasteiger partial charge in [-0.15, -0.1) is 11.3 Å². The molecule has 7 nitrogen and oxygen atoms in total. The molecular formula is C10H9N4O3S-. The lowest BCUT2D eigenvalue weighted by atomic mass is 10.2. The van der Waals surface area contributed by atoms with Crippen LogP contribution in [-0.2, 0) is 11.3 Å². The quantitative estimate of drug-likeness (QED) is 0.670. The van der Waals surface area contributed by atoms with Crippen LogP contribution in [0, 0.1) is 0 Å². The van der Waals surface area contributed by atoms with Gasteiger partial charge in [0, 0.05) is 6.54 Å². The first-order valence-corrected chi connectivity index (χ1v) is 6.03. The van der Waals surface area contributed by atoms with E-state index in [9.17, 15) is 9.59 Å². The summed E-state index contributed by atoms with van der Waals surface area (Å²) in [7, 11) is 0. The van der Waals surface area contributed by atoms with E-state index in [0.29, 0.717) is 15.8 Å². The van der Waals surface area contributed by atoms with Crippen molar-refractivity contribution in [3.05, 3.63) is 32.7 Å². The summed E-state index contributed by atoms with van der Waals surface area (Å²) >= 11 is 1.21. The van der Waals surface area contributed by atoms with Crippen molar-refractivity contribution in [2.45, 2.75) is 13.5 Å². The fourth-order valence-electron chi connectivity index (χ4n) is 1.50. The van der Waals surface area contributed by atoms with Crippen molar-refractivity contribution in [1.82, 2.24) is 9.97 Å². The minimum atomic E-state index is -0.668. The number of hydrogen-bond donors (Lipinski definition) is 1. The number of aromatic amines is 1. The molecule has 1 N–H and O–H groups in total. The smallest absolute Gasteiger partial charge is 0.374 e. The number of carbonyl (C=O) groups is 1. The summed E-state index contributed by atoms with van der Waals surface area (Å²) in [5.41, 5.74) is 8.65. The third-order valence-corrected chi connectivity index (χ3v) is 3.15. The van der Waals surface area contributed by atoms with Crippen LogP contribution < -0.4 is 5.56 Å². The molecule has 8 heteroatoms. The van der Waals surface area contributed by atoms with Crippen LogP contribution in [-0.4, -0.2) is 22.5 Å². The molecule has 0 radical (unpaired) electrons. The molecule has 0 amide bonds. The molecule has 0 fully saturated rings. The molecule has 0 aliphatic rings. The molecule has 0 aliphatic heterocycles. The highest BCUT2D eigenvalue weighted by atomic mass is 32.1. The predicted molar refractivity (Wildman–Crippen MR) is 65.7 cm³/mol. The Labute approximate surface area is 105 Å². The molecule has 0 bridgehead atoms. The lowest BCUT2D eigenvalue weighted by Gasteiger charge is -2.01. The number of nitrogens with zero attached hydrogens (tertiary/aromatic N) is 3. The highest BCUT2D eigenvalue weighted by Gasteiger charge is 2.15. The molecule has 0 saturated heterocycles. The number of fused-ring (bicyclic) bond motifs is 1. The van der Waals surface area contributed by atoms with E-state index < -0.39 is 11.5 Å². The molecule has 0 aliphatic carbocycles. The Bertz CT molecular complexity index is 661. The monoisotopic (exact) mass is 265 g/mol. The van der Waals surface area contributed by atoms with Crippen molar-refractivity contribution in [1.29, 1.82) is 0 Å². The summed E-state index contributed by atoms with van der Waals surface area (Å²) in [5.74, 6) is -0.790. The van der Waals surface area contributed by atoms with Gasteiger partial charge in [-0.3, -0.25) is 4.79 Å². The number of rotatable bonds is 4. The zero-order valence-electron chi connectivity index (χ0n) is 9.47. The van der Waals surface area contributed by atoms with Crippen LogP contribution in [0.4, 0.5) is 0 Å².